The van der Waals surface area contributed by atoms with Crippen LogP contribution in [-0.2, 0) is 0 Å². The molecule has 2 aliphatic heterocycles. The van der Waals surface area contributed by atoms with E-state index in [2.05, 4.69) is 15.1 Å². The van der Waals surface area contributed by atoms with E-state index in [1.807, 2.05) is 42.2 Å². The van der Waals surface area contributed by atoms with Gasteiger partial charge in [-0.3, -0.25) is 19.7 Å². The number of hydrogen-bond donors (Lipinski definition) is 1. The number of nitrogens with one attached hydrogen (secondary N) is 1. The molecule has 40 heavy (non-hydrogen) atoms. The lowest BCUT2D eigenvalue weighted by atomic mass is 10.1. The summed E-state index contributed by atoms with van der Waals surface area (Å²) in [5.41, 5.74) is 3.86. The number of anilines is 3. The number of nitro benzene ring substituents is 1. The second-order valence-corrected chi connectivity index (χ2v) is 10.6. The average molecular weight is 562 g/mol. The van der Waals surface area contributed by atoms with E-state index >= 15 is 0 Å². The number of rotatable bonds is 6. The second kappa shape index (κ2) is 12.0. The van der Waals surface area contributed by atoms with Gasteiger partial charge in [-0.1, -0.05) is 29.8 Å². The predicted molar refractivity (Wildman–Crippen MR) is 158 cm³/mol. The molecule has 1 N–H and O–H groups in total. The third kappa shape index (κ3) is 5.89. The number of benzene rings is 3. The third-order valence-corrected chi connectivity index (χ3v) is 7.92. The zero-order chi connectivity index (χ0) is 28.2. The molecule has 10 heteroatoms. The Kier molecular flexibility index (Phi) is 8.21. The van der Waals surface area contributed by atoms with E-state index < -0.39 is 10.8 Å². The van der Waals surface area contributed by atoms with E-state index in [1.165, 1.54) is 12.1 Å². The molecule has 2 saturated heterocycles. The fourth-order valence-electron chi connectivity index (χ4n) is 5.40. The van der Waals surface area contributed by atoms with Crippen molar-refractivity contribution in [3.8, 4) is 0 Å². The summed E-state index contributed by atoms with van der Waals surface area (Å²) in [6.07, 6.45) is 3.17. The lowest BCUT2D eigenvalue weighted by molar-refractivity contribution is -0.384. The Morgan fingerprint density at radius 1 is 0.825 bits per heavy atom. The highest BCUT2D eigenvalue weighted by Crippen LogP contribution is 2.32. The Morgan fingerprint density at radius 3 is 2.17 bits per heavy atom. The summed E-state index contributed by atoms with van der Waals surface area (Å²) >= 11 is 6.66. The average Bonchev–Trinajstić information content (AvgIpc) is 2.97. The maximum atomic E-state index is 13.3. The molecule has 2 amide bonds. The molecule has 0 bridgehead atoms. The molecule has 0 aliphatic carbocycles. The molecule has 5 rings (SSSR count). The standard InChI is InChI=1S/C30H32ClN5O4/c1-21-7-3-4-8-24(21)30(38)35-17-15-34(16-18-35)28-11-9-22(19-26(28)31)32-29(37)25-20-23(36(39)40)10-12-27(25)33-13-5-2-6-14-33/h3-4,7-12,19-20H,2,5-6,13-18H2,1H3,(H,32,37). The molecule has 0 saturated carbocycles. The first-order valence-corrected chi connectivity index (χ1v) is 13.9. The Labute approximate surface area is 238 Å². The number of piperazine rings is 1. The summed E-state index contributed by atoms with van der Waals surface area (Å²) in [5, 5.41) is 14.8. The number of carbonyl (C=O) groups excluding carboxylic acids is 2. The Bertz CT molecular complexity index is 1430. The van der Waals surface area contributed by atoms with E-state index in [1.54, 1.807) is 18.2 Å². The van der Waals surface area contributed by atoms with Crippen LogP contribution in [0.3, 0.4) is 0 Å². The Morgan fingerprint density at radius 2 is 1.50 bits per heavy atom. The van der Waals surface area contributed by atoms with Gasteiger partial charge in [-0.2, -0.15) is 0 Å². The number of amides is 2. The molecule has 208 valence electrons. The zero-order valence-corrected chi connectivity index (χ0v) is 23.2. The van der Waals surface area contributed by atoms with Gasteiger partial charge in [-0.05, 0) is 62.1 Å². The van der Waals surface area contributed by atoms with Crippen molar-refractivity contribution in [3.05, 3.63) is 92.5 Å². The summed E-state index contributed by atoms with van der Waals surface area (Å²) in [6.45, 7) is 5.98. The van der Waals surface area contributed by atoms with Crippen LogP contribution in [0.15, 0.2) is 60.7 Å². The van der Waals surface area contributed by atoms with Crippen LogP contribution in [0.1, 0.15) is 45.5 Å². The number of non-ortho nitro benzene ring substituents is 1. The topological polar surface area (TPSA) is 99.0 Å². The quantitative estimate of drug-likeness (QED) is 0.303. The number of carbonyl (C=O) groups is 2. The van der Waals surface area contributed by atoms with Crippen molar-refractivity contribution in [2.75, 3.05) is 54.4 Å². The SMILES string of the molecule is Cc1ccccc1C(=O)N1CCN(c2ccc(NC(=O)c3cc([N+](=O)[O-])ccc3N3CCCCC3)cc2Cl)CC1. The van der Waals surface area contributed by atoms with Gasteiger partial charge in [0.2, 0.25) is 0 Å². The van der Waals surface area contributed by atoms with Crippen LogP contribution in [0.4, 0.5) is 22.7 Å². The third-order valence-electron chi connectivity index (χ3n) is 7.62. The molecule has 0 aromatic heterocycles. The van der Waals surface area contributed by atoms with Gasteiger partial charge in [-0.15, -0.1) is 0 Å². The van der Waals surface area contributed by atoms with Gasteiger partial charge in [0.05, 0.1) is 26.9 Å². The van der Waals surface area contributed by atoms with Gasteiger partial charge >= 0.3 is 0 Å². The Balaban J connectivity index is 1.27. The van der Waals surface area contributed by atoms with Crippen molar-refractivity contribution in [2.24, 2.45) is 0 Å². The minimum Gasteiger partial charge on any atom is -0.371 e. The molecule has 3 aromatic rings. The molecule has 0 unspecified atom stereocenters. The van der Waals surface area contributed by atoms with E-state index in [4.69, 9.17) is 11.6 Å². The zero-order valence-electron chi connectivity index (χ0n) is 22.4. The minimum atomic E-state index is -0.489. The minimum absolute atomic E-state index is 0.0342. The second-order valence-electron chi connectivity index (χ2n) is 10.2. The lowest BCUT2D eigenvalue weighted by Gasteiger charge is -2.36. The molecule has 2 heterocycles. The van der Waals surface area contributed by atoms with Crippen LogP contribution in [0.25, 0.3) is 0 Å². The van der Waals surface area contributed by atoms with Crippen molar-refractivity contribution in [1.29, 1.82) is 0 Å². The van der Waals surface area contributed by atoms with Gasteiger partial charge < -0.3 is 20.0 Å². The number of nitro groups is 1. The van der Waals surface area contributed by atoms with Crippen LogP contribution in [0, 0.1) is 17.0 Å². The number of halogens is 1. The molecule has 0 atom stereocenters. The van der Waals surface area contributed by atoms with Crippen molar-refractivity contribution in [3.63, 3.8) is 0 Å². The number of hydrogen-bond acceptors (Lipinski definition) is 6. The first-order chi connectivity index (χ1) is 19.3. The van der Waals surface area contributed by atoms with Crippen LogP contribution < -0.4 is 15.1 Å². The van der Waals surface area contributed by atoms with E-state index in [0.717, 1.165) is 49.2 Å². The fraction of sp³-hybridized carbons (Fsp3) is 0.333. The molecule has 0 radical (unpaired) electrons. The van der Waals surface area contributed by atoms with Crippen molar-refractivity contribution in [2.45, 2.75) is 26.2 Å². The van der Waals surface area contributed by atoms with Crippen LogP contribution >= 0.6 is 11.6 Å². The van der Waals surface area contributed by atoms with Crippen LogP contribution in [-0.4, -0.2) is 60.9 Å². The molecule has 9 nitrogen and oxygen atoms in total. The van der Waals surface area contributed by atoms with E-state index in [0.29, 0.717) is 42.6 Å². The first-order valence-electron chi connectivity index (χ1n) is 13.6. The summed E-state index contributed by atoms with van der Waals surface area (Å²) in [7, 11) is 0. The molecular formula is C30H32ClN5O4. The predicted octanol–water partition coefficient (Wildman–Crippen LogP) is 5.76. The van der Waals surface area contributed by atoms with Gasteiger partial charge in [0, 0.05) is 62.7 Å². The number of piperidine rings is 1. The highest BCUT2D eigenvalue weighted by Gasteiger charge is 2.25. The Hall–Kier alpha value is -4.11. The fourth-order valence-corrected chi connectivity index (χ4v) is 5.70. The van der Waals surface area contributed by atoms with Gasteiger partial charge in [-0.25, -0.2) is 0 Å². The molecular weight excluding hydrogens is 530 g/mol. The van der Waals surface area contributed by atoms with Gasteiger partial charge in [0.15, 0.2) is 0 Å². The maximum absolute atomic E-state index is 13.3. The molecule has 2 fully saturated rings. The molecule has 0 spiro atoms. The van der Waals surface area contributed by atoms with Crippen molar-refractivity contribution >= 4 is 46.2 Å². The first kappa shape index (κ1) is 27.5. The van der Waals surface area contributed by atoms with Gasteiger partial charge in [0.1, 0.15) is 0 Å². The maximum Gasteiger partial charge on any atom is 0.270 e. The largest absolute Gasteiger partial charge is 0.371 e. The van der Waals surface area contributed by atoms with Crippen LogP contribution in [0.5, 0.6) is 0 Å². The summed E-state index contributed by atoms with van der Waals surface area (Å²) in [6, 6.07) is 17.4. The lowest BCUT2D eigenvalue weighted by Crippen LogP contribution is -2.49. The van der Waals surface area contributed by atoms with Crippen molar-refractivity contribution < 1.29 is 14.5 Å². The monoisotopic (exact) mass is 561 g/mol. The summed E-state index contributed by atoms with van der Waals surface area (Å²) in [4.78, 5) is 43.3. The van der Waals surface area contributed by atoms with E-state index in [-0.39, 0.29) is 17.2 Å². The molecule has 2 aliphatic rings. The summed E-state index contributed by atoms with van der Waals surface area (Å²) in [5.74, 6) is -0.386. The highest BCUT2D eigenvalue weighted by molar-refractivity contribution is 6.33. The van der Waals surface area contributed by atoms with Crippen molar-refractivity contribution in [1.82, 2.24) is 4.90 Å². The van der Waals surface area contributed by atoms with Crippen LogP contribution in [0.2, 0.25) is 5.02 Å². The number of aryl methyl sites for hydroxylation is 1. The van der Waals surface area contributed by atoms with Gasteiger partial charge in [0.25, 0.3) is 17.5 Å². The summed E-state index contributed by atoms with van der Waals surface area (Å²) < 4.78 is 0. The molecule has 3 aromatic carbocycles. The number of nitrogens with zero attached hydrogens (tertiary/aromatic N) is 4. The smallest absolute Gasteiger partial charge is 0.270 e. The highest BCUT2D eigenvalue weighted by atomic mass is 35.5. The van der Waals surface area contributed by atoms with E-state index in [9.17, 15) is 19.7 Å². The normalized spacial score (nSPS) is 15.6.